The van der Waals surface area contributed by atoms with Crippen LogP contribution in [0.15, 0.2) is 0 Å². The Morgan fingerprint density at radius 3 is 2.17 bits per heavy atom. The molecule has 0 aromatic heterocycles. The second-order valence-corrected chi connectivity index (χ2v) is 4.03. The lowest BCUT2D eigenvalue weighted by molar-refractivity contribution is -0.0835. The van der Waals surface area contributed by atoms with E-state index in [1.54, 1.807) is 0 Å². The Morgan fingerprint density at radius 1 is 1.33 bits per heavy atom. The minimum atomic E-state index is -0.682. The summed E-state index contributed by atoms with van der Waals surface area (Å²) in [6.07, 6.45) is 1.18. The summed E-state index contributed by atoms with van der Waals surface area (Å²) in [5.41, 5.74) is -0.682. The predicted octanol–water partition coefficient (Wildman–Crippen LogP) is 2.21. The third-order valence-corrected chi connectivity index (χ3v) is 2.38. The van der Waals surface area contributed by atoms with Crippen LogP contribution in [0.2, 0.25) is 0 Å². The van der Waals surface area contributed by atoms with Gasteiger partial charge in [0.15, 0.2) is 0 Å². The average molecular weight is 174 g/mol. The lowest BCUT2D eigenvalue weighted by Crippen LogP contribution is -2.38. The number of rotatable bonds is 5. The molecule has 0 bridgehead atoms. The van der Waals surface area contributed by atoms with Gasteiger partial charge in [0.25, 0.3) is 0 Å². The molecular formula is C10H22O2. The quantitative estimate of drug-likeness (QED) is 0.692. The Balaban J connectivity index is 3.86. The van der Waals surface area contributed by atoms with Crippen LogP contribution in [-0.4, -0.2) is 23.4 Å². The molecule has 0 amide bonds. The van der Waals surface area contributed by atoms with E-state index in [1.807, 2.05) is 27.7 Å². The molecule has 2 nitrogen and oxygen atoms in total. The minimum absolute atomic E-state index is 0.195. The number of hydrogen-bond donors (Lipinski definition) is 1. The van der Waals surface area contributed by atoms with E-state index < -0.39 is 5.60 Å². The Bertz CT molecular complexity index is 119. The van der Waals surface area contributed by atoms with Crippen LogP contribution < -0.4 is 0 Å². The molecule has 12 heavy (non-hydrogen) atoms. The van der Waals surface area contributed by atoms with Gasteiger partial charge in [-0.15, -0.1) is 0 Å². The van der Waals surface area contributed by atoms with E-state index in [2.05, 4.69) is 6.92 Å². The van der Waals surface area contributed by atoms with E-state index in [1.165, 1.54) is 0 Å². The maximum atomic E-state index is 9.91. The van der Waals surface area contributed by atoms with E-state index in [-0.39, 0.29) is 12.0 Å². The van der Waals surface area contributed by atoms with Gasteiger partial charge in [-0.25, -0.2) is 0 Å². The molecule has 0 aliphatic heterocycles. The smallest absolute Gasteiger partial charge is 0.0877 e. The summed E-state index contributed by atoms with van der Waals surface area (Å²) in [5.74, 6) is 0.288. The maximum absolute atomic E-state index is 9.91. The van der Waals surface area contributed by atoms with Gasteiger partial charge in [-0.05, 0) is 26.7 Å². The minimum Gasteiger partial charge on any atom is -0.387 e. The predicted molar refractivity (Wildman–Crippen MR) is 51.2 cm³/mol. The molecule has 0 spiro atoms. The van der Waals surface area contributed by atoms with E-state index >= 15 is 0 Å². The van der Waals surface area contributed by atoms with Crippen molar-refractivity contribution >= 4 is 0 Å². The van der Waals surface area contributed by atoms with Crippen LogP contribution in [0.5, 0.6) is 0 Å². The second kappa shape index (κ2) is 4.83. The van der Waals surface area contributed by atoms with Gasteiger partial charge in [-0.2, -0.15) is 0 Å². The molecule has 0 aromatic carbocycles. The van der Waals surface area contributed by atoms with Crippen LogP contribution in [0.4, 0.5) is 0 Å². The molecule has 0 saturated carbocycles. The molecule has 1 N–H and O–H groups in total. The molecule has 0 aliphatic carbocycles. The van der Waals surface area contributed by atoms with Gasteiger partial charge in [0.05, 0.1) is 18.3 Å². The summed E-state index contributed by atoms with van der Waals surface area (Å²) in [6, 6.07) is 0. The maximum Gasteiger partial charge on any atom is 0.0877 e. The van der Waals surface area contributed by atoms with Gasteiger partial charge in [0, 0.05) is 0 Å². The van der Waals surface area contributed by atoms with Crippen LogP contribution in [0.1, 0.15) is 41.0 Å². The zero-order valence-corrected chi connectivity index (χ0v) is 8.92. The molecule has 74 valence electrons. The van der Waals surface area contributed by atoms with Crippen molar-refractivity contribution in [1.82, 2.24) is 0 Å². The first kappa shape index (κ1) is 11.9. The Kier molecular flexibility index (Phi) is 4.80. The van der Waals surface area contributed by atoms with Crippen LogP contribution in [-0.2, 0) is 4.74 Å². The fourth-order valence-corrected chi connectivity index (χ4v) is 0.917. The highest BCUT2D eigenvalue weighted by Gasteiger charge is 2.27. The summed E-state index contributed by atoms with van der Waals surface area (Å²) >= 11 is 0. The van der Waals surface area contributed by atoms with Crippen LogP contribution in [0.25, 0.3) is 0 Å². The molecule has 2 atom stereocenters. The topological polar surface area (TPSA) is 29.5 Å². The van der Waals surface area contributed by atoms with Crippen molar-refractivity contribution in [2.75, 3.05) is 6.61 Å². The van der Waals surface area contributed by atoms with Crippen LogP contribution >= 0.6 is 0 Å². The van der Waals surface area contributed by atoms with E-state index in [0.29, 0.717) is 6.61 Å². The molecule has 0 fully saturated rings. The molecule has 0 rings (SSSR count). The van der Waals surface area contributed by atoms with Gasteiger partial charge in [0.1, 0.15) is 0 Å². The molecule has 0 heterocycles. The molecular weight excluding hydrogens is 152 g/mol. The van der Waals surface area contributed by atoms with Gasteiger partial charge >= 0.3 is 0 Å². The first-order valence-electron chi connectivity index (χ1n) is 4.74. The van der Waals surface area contributed by atoms with Crippen molar-refractivity contribution in [2.24, 2.45) is 5.92 Å². The first-order valence-corrected chi connectivity index (χ1v) is 4.74. The van der Waals surface area contributed by atoms with Crippen molar-refractivity contribution in [3.8, 4) is 0 Å². The van der Waals surface area contributed by atoms with E-state index in [0.717, 1.165) is 6.42 Å². The standard InChI is InChI=1S/C10H22O2/c1-6-9(4)10(5,11)7-12-8(2)3/h8-9,11H,6-7H2,1-5H3. The molecule has 2 heteroatoms. The molecule has 0 aliphatic rings. The lowest BCUT2D eigenvalue weighted by Gasteiger charge is -2.30. The van der Waals surface area contributed by atoms with E-state index in [4.69, 9.17) is 4.74 Å². The number of aliphatic hydroxyl groups is 1. The van der Waals surface area contributed by atoms with Crippen molar-refractivity contribution in [2.45, 2.75) is 52.7 Å². The molecule has 2 unspecified atom stereocenters. The van der Waals surface area contributed by atoms with Gasteiger partial charge in [-0.1, -0.05) is 20.3 Å². The second-order valence-electron chi connectivity index (χ2n) is 4.03. The van der Waals surface area contributed by atoms with Gasteiger partial charge in [0.2, 0.25) is 0 Å². The highest BCUT2D eigenvalue weighted by molar-refractivity contribution is 4.77. The average Bonchev–Trinajstić information content (AvgIpc) is 1.99. The van der Waals surface area contributed by atoms with Crippen molar-refractivity contribution in [3.05, 3.63) is 0 Å². The van der Waals surface area contributed by atoms with Crippen LogP contribution in [0, 0.1) is 5.92 Å². The molecule has 0 radical (unpaired) electrons. The fraction of sp³-hybridized carbons (Fsp3) is 1.00. The third kappa shape index (κ3) is 4.07. The third-order valence-electron chi connectivity index (χ3n) is 2.38. The van der Waals surface area contributed by atoms with Crippen LogP contribution in [0.3, 0.4) is 0 Å². The highest BCUT2D eigenvalue weighted by atomic mass is 16.5. The summed E-state index contributed by atoms with van der Waals surface area (Å²) in [6.45, 7) is 10.3. The van der Waals surface area contributed by atoms with Gasteiger partial charge in [-0.3, -0.25) is 0 Å². The SMILES string of the molecule is CCC(C)C(C)(O)COC(C)C. The summed E-state index contributed by atoms with van der Waals surface area (Å²) in [7, 11) is 0. The Morgan fingerprint density at radius 2 is 1.83 bits per heavy atom. The molecule has 0 saturated heterocycles. The fourth-order valence-electron chi connectivity index (χ4n) is 0.917. The van der Waals surface area contributed by atoms with Crippen molar-refractivity contribution in [3.63, 3.8) is 0 Å². The number of hydrogen-bond acceptors (Lipinski definition) is 2. The zero-order valence-electron chi connectivity index (χ0n) is 8.92. The first-order chi connectivity index (χ1) is 5.40. The van der Waals surface area contributed by atoms with Gasteiger partial charge < -0.3 is 9.84 Å². The number of ether oxygens (including phenoxy) is 1. The van der Waals surface area contributed by atoms with E-state index in [9.17, 15) is 5.11 Å². The van der Waals surface area contributed by atoms with Crippen molar-refractivity contribution < 1.29 is 9.84 Å². The Labute approximate surface area is 75.9 Å². The largest absolute Gasteiger partial charge is 0.387 e. The monoisotopic (exact) mass is 174 g/mol. The summed E-state index contributed by atoms with van der Waals surface area (Å²) < 4.78 is 5.38. The Hall–Kier alpha value is -0.0800. The summed E-state index contributed by atoms with van der Waals surface area (Å²) in [4.78, 5) is 0. The zero-order chi connectivity index (χ0) is 9.78. The normalized spacial score (nSPS) is 19.2. The molecule has 0 aromatic rings. The highest BCUT2D eigenvalue weighted by Crippen LogP contribution is 2.20. The summed E-state index contributed by atoms with van der Waals surface area (Å²) in [5, 5.41) is 9.91. The lowest BCUT2D eigenvalue weighted by atomic mass is 9.89. The van der Waals surface area contributed by atoms with Crippen molar-refractivity contribution in [1.29, 1.82) is 0 Å².